The molecule has 29 heavy (non-hydrogen) atoms. The second kappa shape index (κ2) is 8.06. The van der Waals surface area contributed by atoms with Crippen LogP contribution in [-0.2, 0) is 0 Å². The molecular weight excluding hydrogens is 406 g/mol. The summed E-state index contributed by atoms with van der Waals surface area (Å²) in [6, 6.07) is 15.2. The van der Waals surface area contributed by atoms with Gasteiger partial charge in [0.05, 0.1) is 5.69 Å². The Morgan fingerprint density at radius 2 is 1.93 bits per heavy atom. The molecule has 0 aliphatic heterocycles. The number of aromatic amines is 1. The van der Waals surface area contributed by atoms with Crippen molar-refractivity contribution >= 4 is 39.7 Å². The first-order chi connectivity index (χ1) is 14.0. The molecule has 0 spiro atoms. The minimum absolute atomic E-state index is 0.299. The number of halogens is 1. The number of aromatic nitrogens is 3. The normalized spacial score (nSPS) is 10.7. The Morgan fingerprint density at radius 3 is 2.62 bits per heavy atom. The molecule has 0 bridgehead atoms. The van der Waals surface area contributed by atoms with Crippen LogP contribution in [-0.4, -0.2) is 35.0 Å². The molecule has 0 unspecified atom stereocenters. The zero-order chi connectivity index (χ0) is 20.4. The van der Waals surface area contributed by atoms with Gasteiger partial charge in [0.2, 0.25) is 0 Å². The summed E-state index contributed by atoms with van der Waals surface area (Å²) in [6.07, 6.45) is 1.64. The van der Waals surface area contributed by atoms with Crippen molar-refractivity contribution in [2.45, 2.75) is 0 Å². The Balaban J connectivity index is 1.79. The molecule has 146 valence electrons. The minimum Gasteiger partial charge on any atom is -0.378 e. The van der Waals surface area contributed by atoms with Crippen LogP contribution in [0.25, 0.3) is 22.6 Å². The van der Waals surface area contributed by atoms with Gasteiger partial charge in [-0.05, 0) is 24.3 Å². The van der Waals surface area contributed by atoms with E-state index in [4.69, 9.17) is 11.6 Å². The Bertz CT molecular complexity index is 1140. The molecule has 2 aromatic carbocycles. The number of benzene rings is 2. The monoisotopic (exact) mass is 423 g/mol. The van der Waals surface area contributed by atoms with E-state index in [0.29, 0.717) is 27.4 Å². The number of carbonyl (C=O) groups is 1. The molecule has 0 radical (unpaired) electrons. The molecular formula is C21H18ClN5OS. The van der Waals surface area contributed by atoms with E-state index in [9.17, 15) is 4.79 Å². The van der Waals surface area contributed by atoms with Crippen molar-refractivity contribution in [1.82, 2.24) is 15.0 Å². The molecule has 1 amide bonds. The number of hydrogen-bond donors (Lipinski definition) is 2. The fraction of sp³-hybridized carbons (Fsp3) is 0.0952. The zero-order valence-electron chi connectivity index (χ0n) is 15.8. The highest BCUT2D eigenvalue weighted by atomic mass is 35.5. The first-order valence-electron chi connectivity index (χ1n) is 8.86. The van der Waals surface area contributed by atoms with Crippen molar-refractivity contribution in [1.29, 1.82) is 0 Å². The maximum atomic E-state index is 12.9. The van der Waals surface area contributed by atoms with E-state index in [1.165, 1.54) is 11.3 Å². The lowest BCUT2D eigenvalue weighted by molar-refractivity contribution is 0.102. The molecule has 0 saturated carbocycles. The van der Waals surface area contributed by atoms with Gasteiger partial charge in [0.15, 0.2) is 10.8 Å². The van der Waals surface area contributed by atoms with Crippen LogP contribution in [0.1, 0.15) is 10.5 Å². The lowest BCUT2D eigenvalue weighted by Crippen LogP contribution is -2.13. The first-order valence-corrected chi connectivity index (χ1v) is 10.1. The summed E-state index contributed by atoms with van der Waals surface area (Å²) in [5.74, 6) is 0.291. The summed E-state index contributed by atoms with van der Waals surface area (Å²) in [4.78, 5) is 27.0. The minimum atomic E-state index is -0.323. The highest BCUT2D eigenvalue weighted by Crippen LogP contribution is 2.29. The lowest BCUT2D eigenvalue weighted by Gasteiger charge is -2.12. The number of nitrogens with zero attached hydrogens (tertiary/aromatic N) is 3. The summed E-state index contributed by atoms with van der Waals surface area (Å²) in [6.45, 7) is 0. The van der Waals surface area contributed by atoms with E-state index < -0.39 is 0 Å². The molecule has 2 aromatic heterocycles. The topological polar surface area (TPSA) is 73.9 Å². The van der Waals surface area contributed by atoms with Crippen LogP contribution in [0.15, 0.2) is 60.1 Å². The Labute approximate surface area is 177 Å². The van der Waals surface area contributed by atoms with Crippen molar-refractivity contribution in [3.8, 4) is 22.6 Å². The third-order valence-corrected chi connectivity index (χ3v) is 5.28. The van der Waals surface area contributed by atoms with Gasteiger partial charge in [0.25, 0.3) is 5.91 Å². The fourth-order valence-corrected chi connectivity index (χ4v) is 3.52. The maximum absolute atomic E-state index is 12.9. The highest BCUT2D eigenvalue weighted by molar-refractivity contribution is 7.13. The molecule has 8 heteroatoms. The van der Waals surface area contributed by atoms with Crippen LogP contribution in [0.4, 0.5) is 10.8 Å². The molecule has 2 heterocycles. The number of thiazole rings is 1. The van der Waals surface area contributed by atoms with Crippen LogP contribution in [0, 0.1) is 0 Å². The van der Waals surface area contributed by atoms with Gasteiger partial charge in [-0.3, -0.25) is 10.1 Å². The van der Waals surface area contributed by atoms with Crippen LogP contribution >= 0.6 is 22.9 Å². The van der Waals surface area contributed by atoms with Crippen molar-refractivity contribution in [3.63, 3.8) is 0 Å². The molecule has 4 aromatic rings. The maximum Gasteiger partial charge on any atom is 0.278 e. The van der Waals surface area contributed by atoms with Gasteiger partial charge in [-0.25, -0.2) is 9.97 Å². The number of amides is 1. The van der Waals surface area contributed by atoms with Gasteiger partial charge in [0, 0.05) is 47.5 Å². The number of carbonyl (C=O) groups excluding carboxylic acids is 1. The number of hydrogen-bond acceptors (Lipinski definition) is 5. The molecule has 2 N–H and O–H groups in total. The van der Waals surface area contributed by atoms with Gasteiger partial charge in [-0.15, -0.1) is 11.3 Å². The molecule has 6 nitrogen and oxygen atoms in total. The quantitative estimate of drug-likeness (QED) is 0.464. The summed E-state index contributed by atoms with van der Waals surface area (Å²) < 4.78 is 0. The van der Waals surface area contributed by atoms with Gasteiger partial charge in [-0.2, -0.15) is 0 Å². The van der Waals surface area contributed by atoms with Crippen LogP contribution in [0.2, 0.25) is 5.02 Å². The Kier molecular flexibility index (Phi) is 5.33. The van der Waals surface area contributed by atoms with Crippen LogP contribution < -0.4 is 10.2 Å². The van der Waals surface area contributed by atoms with Gasteiger partial charge >= 0.3 is 0 Å². The average molecular weight is 424 g/mol. The number of anilines is 2. The predicted octanol–water partition coefficient (Wildman–Crippen LogP) is 5.17. The predicted molar refractivity (Wildman–Crippen MR) is 119 cm³/mol. The first kappa shape index (κ1) is 19.2. The molecule has 0 atom stereocenters. The second-order valence-corrected chi connectivity index (χ2v) is 7.88. The van der Waals surface area contributed by atoms with E-state index in [2.05, 4.69) is 20.3 Å². The Morgan fingerprint density at radius 1 is 1.14 bits per heavy atom. The summed E-state index contributed by atoms with van der Waals surface area (Å²) >= 11 is 7.38. The fourth-order valence-electron chi connectivity index (χ4n) is 2.87. The van der Waals surface area contributed by atoms with E-state index in [0.717, 1.165) is 16.8 Å². The van der Waals surface area contributed by atoms with Gasteiger partial charge < -0.3 is 9.88 Å². The van der Waals surface area contributed by atoms with Crippen molar-refractivity contribution < 1.29 is 4.79 Å². The van der Waals surface area contributed by atoms with Crippen molar-refractivity contribution in [3.05, 3.63) is 70.8 Å². The third kappa shape index (κ3) is 4.16. The van der Waals surface area contributed by atoms with E-state index in [1.54, 1.807) is 23.7 Å². The summed E-state index contributed by atoms with van der Waals surface area (Å²) in [5, 5.41) is 5.76. The molecule has 0 aliphatic carbocycles. The van der Waals surface area contributed by atoms with Crippen molar-refractivity contribution in [2.24, 2.45) is 0 Å². The standard InChI is InChI=1S/C21H18ClN5OS/c1-27(2)16-5-3-4-14(12-16)19-24-17(13-6-8-15(22)9-7-13)18(25-19)20(28)26-21-23-10-11-29-21/h3-12H,1-2H3,(H,24,25)(H,23,26,28). The number of imidazole rings is 1. The summed E-state index contributed by atoms with van der Waals surface area (Å²) in [5.41, 5.74) is 3.68. The molecule has 4 rings (SSSR count). The largest absolute Gasteiger partial charge is 0.378 e. The molecule has 0 saturated heterocycles. The lowest BCUT2D eigenvalue weighted by atomic mass is 10.1. The van der Waals surface area contributed by atoms with E-state index in [1.807, 2.05) is 55.4 Å². The zero-order valence-corrected chi connectivity index (χ0v) is 17.4. The van der Waals surface area contributed by atoms with Gasteiger partial charge in [-0.1, -0.05) is 35.9 Å². The highest BCUT2D eigenvalue weighted by Gasteiger charge is 2.21. The molecule has 0 fully saturated rings. The van der Waals surface area contributed by atoms with E-state index in [-0.39, 0.29) is 5.91 Å². The van der Waals surface area contributed by atoms with Crippen LogP contribution in [0.3, 0.4) is 0 Å². The van der Waals surface area contributed by atoms with Gasteiger partial charge in [0.1, 0.15) is 5.82 Å². The second-order valence-electron chi connectivity index (χ2n) is 6.55. The average Bonchev–Trinajstić information content (AvgIpc) is 3.38. The Hall–Kier alpha value is -3.16. The van der Waals surface area contributed by atoms with E-state index >= 15 is 0 Å². The smallest absolute Gasteiger partial charge is 0.278 e. The SMILES string of the molecule is CN(C)c1cccc(-c2nc(C(=O)Nc3nccs3)c(-c3ccc(Cl)cc3)[nH]2)c1. The molecule has 0 aliphatic rings. The van der Waals surface area contributed by atoms with Crippen molar-refractivity contribution in [2.75, 3.05) is 24.3 Å². The number of rotatable bonds is 5. The summed E-state index contributed by atoms with van der Waals surface area (Å²) in [7, 11) is 3.96. The number of H-pyrrole nitrogens is 1. The number of nitrogens with one attached hydrogen (secondary N) is 2. The van der Waals surface area contributed by atoms with Crippen LogP contribution in [0.5, 0.6) is 0 Å². The third-order valence-electron chi connectivity index (χ3n) is 4.34.